The summed E-state index contributed by atoms with van der Waals surface area (Å²) < 4.78 is 0. The number of nitrogens with zero attached hydrogens (tertiary/aromatic N) is 1. The van der Waals surface area contributed by atoms with Gasteiger partial charge in [-0.2, -0.15) is 0 Å². The van der Waals surface area contributed by atoms with Crippen molar-refractivity contribution in [1.29, 1.82) is 0 Å². The molecule has 2 aliphatic rings. The van der Waals surface area contributed by atoms with Crippen molar-refractivity contribution in [2.45, 2.75) is 70.4 Å². The van der Waals surface area contributed by atoms with Gasteiger partial charge in [-0.3, -0.25) is 4.90 Å². The molecule has 0 amide bonds. The van der Waals surface area contributed by atoms with E-state index in [1.54, 1.807) is 0 Å². The molecule has 0 radical (unpaired) electrons. The van der Waals surface area contributed by atoms with Crippen LogP contribution in [0, 0.1) is 29.6 Å². The predicted octanol–water partition coefficient (Wildman–Crippen LogP) is 5.56. The van der Waals surface area contributed by atoms with E-state index in [0.29, 0.717) is 17.8 Å². The van der Waals surface area contributed by atoms with Gasteiger partial charge in [0.15, 0.2) is 0 Å². The average Bonchev–Trinajstić information content (AvgIpc) is 3.06. The highest BCUT2D eigenvalue weighted by Gasteiger charge is 2.46. The van der Waals surface area contributed by atoms with Crippen LogP contribution in [0.15, 0.2) is 35.2 Å². The molecule has 2 nitrogen and oxygen atoms in total. The van der Waals surface area contributed by atoms with E-state index in [1.165, 1.54) is 36.6 Å². The van der Waals surface area contributed by atoms with Crippen molar-refractivity contribution in [1.82, 2.24) is 4.90 Å². The molecule has 27 heavy (non-hydrogen) atoms. The fraction of sp³-hybridized carbons (Fsp3) is 0.750. The van der Waals surface area contributed by atoms with Crippen molar-refractivity contribution in [2.75, 3.05) is 18.8 Å². The van der Waals surface area contributed by atoms with Gasteiger partial charge in [-0.15, -0.1) is 11.8 Å². The highest BCUT2D eigenvalue weighted by Crippen LogP contribution is 2.43. The third kappa shape index (κ3) is 4.92. The van der Waals surface area contributed by atoms with E-state index >= 15 is 0 Å². The van der Waals surface area contributed by atoms with Crippen LogP contribution >= 0.6 is 11.8 Å². The molecule has 1 aromatic carbocycles. The van der Waals surface area contributed by atoms with E-state index in [2.05, 4.69) is 69.9 Å². The minimum absolute atomic E-state index is 0.0822. The number of aliphatic hydroxyl groups excluding tert-OH is 1. The maximum absolute atomic E-state index is 10.8. The van der Waals surface area contributed by atoms with Crippen molar-refractivity contribution in [2.24, 2.45) is 29.6 Å². The van der Waals surface area contributed by atoms with E-state index in [4.69, 9.17) is 0 Å². The third-order valence-electron chi connectivity index (χ3n) is 7.36. The van der Waals surface area contributed by atoms with E-state index in [-0.39, 0.29) is 11.6 Å². The molecule has 0 spiro atoms. The molecule has 2 fully saturated rings. The lowest BCUT2D eigenvalue weighted by molar-refractivity contribution is -0.0387. The van der Waals surface area contributed by atoms with Crippen molar-refractivity contribution in [3.8, 4) is 0 Å². The van der Waals surface area contributed by atoms with Gasteiger partial charge >= 0.3 is 0 Å². The summed E-state index contributed by atoms with van der Waals surface area (Å²) in [7, 11) is 0. The van der Waals surface area contributed by atoms with Gasteiger partial charge in [-0.25, -0.2) is 0 Å². The second kappa shape index (κ2) is 8.88. The number of hydrogen-bond acceptors (Lipinski definition) is 3. The zero-order chi connectivity index (χ0) is 19.6. The van der Waals surface area contributed by atoms with Gasteiger partial charge in [-0.05, 0) is 62.5 Å². The minimum atomic E-state index is -0.140. The van der Waals surface area contributed by atoms with Gasteiger partial charge in [0.05, 0.1) is 6.10 Å². The molecule has 0 aromatic heterocycles. The second-order valence-corrected chi connectivity index (χ2v) is 11.0. The Morgan fingerprint density at radius 2 is 1.85 bits per heavy atom. The number of rotatable bonds is 6. The SMILES string of the molecule is CC(C)[C@H]1CN(C(C)(C)[C@@H]2CC[C@@H](C)C[C@H]2O)C[C@@H]1CSc1ccccc1. The molecule has 1 aromatic rings. The molecule has 1 aliphatic heterocycles. The van der Waals surface area contributed by atoms with E-state index in [0.717, 1.165) is 18.3 Å². The zero-order valence-electron chi connectivity index (χ0n) is 17.9. The number of thioether (sulfide) groups is 1. The molecule has 1 N–H and O–H groups in total. The van der Waals surface area contributed by atoms with E-state index in [1.807, 2.05) is 11.8 Å². The quantitative estimate of drug-likeness (QED) is 0.644. The molecule has 152 valence electrons. The first kappa shape index (κ1) is 21.2. The molecule has 1 saturated carbocycles. The van der Waals surface area contributed by atoms with Crippen LogP contribution in [0.4, 0.5) is 0 Å². The van der Waals surface area contributed by atoms with Gasteiger partial charge < -0.3 is 5.11 Å². The Bertz CT molecular complexity index is 587. The van der Waals surface area contributed by atoms with Crippen molar-refractivity contribution in [3.63, 3.8) is 0 Å². The molecule has 0 bridgehead atoms. The van der Waals surface area contributed by atoms with Crippen LogP contribution in [0.25, 0.3) is 0 Å². The smallest absolute Gasteiger partial charge is 0.0588 e. The van der Waals surface area contributed by atoms with E-state index in [9.17, 15) is 5.11 Å². The molecule has 1 aliphatic carbocycles. The number of benzene rings is 1. The second-order valence-electron chi connectivity index (χ2n) is 9.94. The summed E-state index contributed by atoms with van der Waals surface area (Å²) >= 11 is 2.01. The van der Waals surface area contributed by atoms with Crippen molar-refractivity contribution < 1.29 is 5.11 Å². The summed E-state index contributed by atoms with van der Waals surface area (Å²) in [5.41, 5.74) is 0.0822. The molecular weight excluding hydrogens is 350 g/mol. The molecule has 1 heterocycles. The Morgan fingerprint density at radius 1 is 1.15 bits per heavy atom. The van der Waals surface area contributed by atoms with Crippen LogP contribution in [0.1, 0.15) is 53.9 Å². The summed E-state index contributed by atoms with van der Waals surface area (Å²) in [6, 6.07) is 10.8. The van der Waals surface area contributed by atoms with Gasteiger partial charge in [0.1, 0.15) is 0 Å². The number of likely N-dealkylation sites (tertiary alicyclic amines) is 1. The van der Waals surface area contributed by atoms with Gasteiger partial charge in [0.2, 0.25) is 0 Å². The van der Waals surface area contributed by atoms with Gasteiger partial charge in [0.25, 0.3) is 0 Å². The number of hydrogen-bond donors (Lipinski definition) is 1. The largest absolute Gasteiger partial charge is 0.393 e. The fourth-order valence-electron chi connectivity index (χ4n) is 5.43. The lowest BCUT2D eigenvalue weighted by atomic mass is 9.71. The molecule has 1 saturated heterocycles. The first-order valence-corrected chi connectivity index (χ1v) is 11.9. The van der Waals surface area contributed by atoms with Crippen LogP contribution in [0.5, 0.6) is 0 Å². The highest BCUT2D eigenvalue weighted by atomic mass is 32.2. The van der Waals surface area contributed by atoms with Gasteiger partial charge in [-0.1, -0.05) is 45.4 Å². The Labute approximate surface area is 171 Å². The molecule has 3 rings (SSSR count). The molecular formula is C24H39NOS. The highest BCUT2D eigenvalue weighted by molar-refractivity contribution is 7.99. The van der Waals surface area contributed by atoms with Crippen LogP contribution in [-0.4, -0.2) is 40.5 Å². The van der Waals surface area contributed by atoms with Gasteiger partial charge in [0, 0.05) is 35.2 Å². The fourth-order valence-corrected chi connectivity index (χ4v) is 6.54. The summed E-state index contributed by atoms with van der Waals surface area (Å²) in [6.45, 7) is 14.2. The number of aliphatic hydroxyl groups is 1. The molecule has 5 atom stereocenters. The first-order chi connectivity index (χ1) is 12.8. The predicted molar refractivity (Wildman–Crippen MR) is 117 cm³/mol. The van der Waals surface area contributed by atoms with Crippen molar-refractivity contribution in [3.05, 3.63) is 30.3 Å². The minimum Gasteiger partial charge on any atom is -0.393 e. The molecule has 0 unspecified atom stereocenters. The third-order valence-corrected chi connectivity index (χ3v) is 8.56. The maximum atomic E-state index is 10.8. The summed E-state index contributed by atoms with van der Waals surface area (Å²) in [5, 5.41) is 10.8. The topological polar surface area (TPSA) is 23.5 Å². The Morgan fingerprint density at radius 3 is 2.48 bits per heavy atom. The summed E-state index contributed by atoms with van der Waals surface area (Å²) in [4.78, 5) is 4.10. The van der Waals surface area contributed by atoms with Crippen LogP contribution in [-0.2, 0) is 0 Å². The van der Waals surface area contributed by atoms with E-state index < -0.39 is 0 Å². The lowest BCUT2D eigenvalue weighted by Gasteiger charge is -2.47. The normalized spacial score (nSPS) is 32.9. The molecule has 3 heteroatoms. The summed E-state index contributed by atoms with van der Waals surface area (Å²) in [5.74, 6) is 4.47. The van der Waals surface area contributed by atoms with Crippen LogP contribution < -0.4 is 0 Å². The first-order valence-electron chi connectivity index (χ1n) is 10.9. The zero-order valence-corrected chi connectivity index (χ0v) is 18.7. The average molecular weight is 390 g/mol. The Kier molecular flexibility index (Phi) is 6.97. The van der Waals surface area contributed by atoms with Crippen LogP contribution in [0.2, 0.25) is 0 Å². The Hall–Kier alpha value is -0.510. The van der Waals surface area contributed by atoms with Crippen LogP contribution in [0.3, 0.4) is 0 Å². The van der Waals surface area contributed by atoms with Crippen molar-refractivity contribution >= 4 is 11.8 Å². The standard InChI is InChI=1S/C24H39NOS/c1-17(2)21-15-25(14-19(21)16-27-20-9-7-6-8-10-20)24(4,5)22-12-11-18(3)13-23(22)26/h6-10,17-19,21-23,26H,11-16H2,1-5H3/t18-,19-,21-,22-,23-/m1/s1. The lowest BCUT2D eigenvalue weighted by Crippen LogP contribution is -2.53. The summed E-state index contributed by atoms with van der Waals surface area (Å²) in [6.07, 6.45) is 3.27. The maximum Gasteiger partial charge on any atom is 0.0588 e. The Balaban J connectivity index is 1.67. The monoisotopic (exact) mass is 389 g/mol.